The minimum atomic E-state index is -0.182. The quantitative estimate of drug-likeness (QED) is 0.350. The van der Waals surface area contributed by atoms with Crippen LogP contribution in [0.4, 0.5) is 0 Å². The van der Waals surface area contributed by atoms with E-state index in [4.69, 9.17) is 10.2 Å². The van der Waals surface area contributed by atoms with Crippen molar-refractivity contribution in [2.24, 2.45) is 0 Å². The van der Waals surface area contributed by atoms with E-state index >= 15 is 0 Å². The number of carbonyl (C=O) groups is 4. The molecule has 7 heteroatoms. The molecule has 6 nitrogen and oxygen atoms in total. The van der Waals surface area contributed by atoms with Gasteiger partial charge in [0.15, 0.2) is 0 Å². The predicted octanol–water partition coefficient (Wildman–Crippen LogP) is 2.31. The Balaban J connectivity index is -0.000000430. The summed E-state index contributed by atoms with van der Waals surface area (Å²) in [5.74, 6) is -0.170. The molecule has 0 unspecified atom stereocenters. The molecule has 0 fully saturated rings. The fourth-order valence-electron chi connectivity index (χ4n) is 2.52. The number of carbonyl (C=O) groups excluding carboxylic acids is 4. The van der Waals surface area contributed by atoms with E-state index in [0.717, 1.165) is 0 Å². The first-order valence-electron chi connectivity index (χ1n) is 10.1. The molecule has 0 atom stereocenters. The van der Waals surface area contributed by atoms with Crippen LogP contribution in [0.15, 0.2) is 60.7 Å². The topological polar surface area (TPSA) is 114 Å². The Bertz CT molecular complexity index is 709. The van der Waals surface area contributed by atoms with Gasteiger partial charge < -0.3 is 29.4 Å². The van der Waals surface area contributed by atoms with Gasteiger partial charge in [0, 0.05) is 21.7 Å². The van der Waals surface area contributed by atoms with Crippen molar-refractivity contribution in [1.29, 1.82) is 0 Å². The molecule has 0 amide bonds. The summed E-state index contributed by atoms with van der Waals surface area (Å²) in [6.45, 7) is 8.76. The summed E-state index contributed by atoms with van der Waals surface area (Å²) in [5.41, 5.74) is 1.39. The summed E-state index contributed by atoms with van der Waals surface area (Å²) in [5, 5.41) is 17.9. The molecule has 2 rings (SSSR count). The molecule has 0 aliphatic heterocycles. The van der Waals surface area contributed by atoms with Crippen molar-refractivity contribution in [1.82, 2.24) is 0 Å². The summed E-state index contributed by atoms with van der Waals surface area (Å²) in [7, 11) is 0. The van der Waals surface area contributed by atoms with E-state index < -0.39 is 0 Å². The number of Topliss-reactive ketones (excluding diaryl/α,β-unsaturated/α-hetero) is 4. The number of hydrogen-bond donors (Lipinski definition) is 0. The van der Waals surface area contributed by atoms with Gasteiger partial charge in [-0.3, -0.25) is 0 Å². The first-order valence-corrected chi connectivity index (χ1v) is 10.1. The summed E-state index contributed by atoms with van der Waals surface area (Å²) < 4.78 is 0. The molecule has 180 valence electrons. The van der Waals surface area contributed by atoms with E-state index in [2.05, 4.69) is 0 Å². The maximum atomic E-state index is 11.1. The Labute approximate surface area is 212 Å². The zero-order valence-corrected chi connectivity index (χ0v) is 21.7. The average Bonchev–Trinajstić information content (AvgIpc) is 2.70. The van der Waals surface area contributed by atoms with Gasteiger partial charge in [0.2, 0.25) is 0 Å². The van der Waals surface area contributed by atoms with Crippen LogP contribution in [0.3, 0.4) is 0 Å². The number of benzene rings is 2. The third-order valence-electron chi connectivity index (χ3n) is 3.53. The zero-order valence-electron chi connectivity index (χ0n) is 20.1. The smallest absolute Gasteiger partial charge is 0.109 e. The van der Waals surface area contributed by atoms with E-state index in [9.17, 15) is 19.2 Å². The van der Waals surface area contributed by atoms with E-state index in [0.29, 0.717) is 11.1 Å². The zero-order chi connectivity index (χ0) is 25.1. The second-order valence-electron chi connectivity index (χ2n) is 6.28. The summed E-state index contributed by atoms with van der Waals surface area (Å²) >= 11 is 0. The first-order chi connectivity index (χ1) is 15.1. The molecule has 0 radical (unpaired) electrons. The third kappa shape index (κ3) is 15.9. The maximum absolute atomic E-state index is 11.1. The minimum Gasteiger partial charge on any atom is -0.855 e. The molecule has 0 saturated carbocycles. The summed E-state index contributed by atoms with van der Waals surface area (Å²) in [6.07, 6.45) is 0. The van der Waals surface area contributed by atoms with Crippen LogP contribution in [-0.2, 0) is 40.9 Å². The van der Waals surface area contributed by atoms with Crippen molar-refractivity contribution in [3.8, 4) is 0 Å². The minimum absolute atomic E-state index is 0. The Kier molecular flexibility index (Phi) is 22.7. The van der Waals surface area contributed by atoms with Gasteiger partial charge in [0.25, 0.3) is 0 Å². The van der Waals surface area contributed by atoms with Gasteiger partial charge in [-0.2, -0.15) is 35.4 Å². The predicted molar refractivity (Wildman–Crippen MR) is 121 cm³/mol. The van der Waals surface area contributed by atoms with Crippen molar-refractivity contribution in [3.63, 3.8) is 0 Å². The van der Waals surface area contributed by atoms with E-state index in [-0.39, 0.29) is 69.9 Å². The SMILES string of the molecule is CC(=O)[C-](C(C)=O)c1ccccc1.CC(=O)[C-](C(C)=O)c1ccccc1.CC[O-].CC[O-].[Ti]. The van der Waals surface area contributed by atoms with Gasteiger partial charge in [-0.05, 0) is 39.5 Å². The van der Waals surface area contributed by atoms with Gasteiger partial charge in [-0.1, -0.05) is 26.0 Å². The van der Waals surface area contributed by atoms with Gasteiger partial charge in [-0.25, -0.2) is 0 Å². The molecular formula is C26H32O6Ti-4. The van der Waals surface area contributed by atoms with Crippen LogP contribution in [0, 0.1) is 11.8 Å². The van der Waals surface area contributed by atoms with Crippen molar-refractivity contribution in [2.45, 2.75) is 41.5 Å². The Morgan fingerprint density at radius 2 is 0.758 bits per heavy atom. The molecule has 0 aromatic heterocycles. The Morgan fingerprint density at radius 1 is 0.576 bits per heavy atom. The summed E-state index contributed by atoms with van der Waals surface area (Å²) in [4.78, 5) is 44.5. The molecular weight excluding hydrogens is 456 g/mol. The van der Waals surface area contributed by atoms with Crippen molar-refractivity contribution in [3.05, 3.63) is 83.6 Å². The maximum Gasteiger partial charge on any atom is 0.109 e. The molecule has 2 aromatic rings. The second-order valence-corrected chi connectivity index (χ2v) is 6.28. The van der Waals surface area contributed by atoms with Crippen LogP contribution in [-0.4, -0.2) is 36.3 Å². The van der Waals surface area contributed by atoms with E-state index in [1.165, 1.54) is 27.7 Å². The monoisotopic (exact) mass is 488 g/mol. The number of rotatable bonds is 6. The number of ketones is 4. The van der Waals surface area contributed by atoms with Crippen molar-refractivity contribution >= 4 is 23.1 Å². The molecule has 0 aliphatic carbocycles. The second kappa shape index (κ2) is 21.3. The molecule has 0 heterocycles. The standard InChI is InChI=1S/2C11H11O2.2C2H5O.Ti/c2*1-8(12)11(9(2)13)10-6-4-3-5-7-10;2*1-2-3;/h2*3-7H,1-2H3;2*2H2,1H3;/q4*-1;. The van der Waals surface area contributed by atoms with Crippen LogP contribution in [0.25, 0.3) is 0 Å². The molecule has 2 aromatic carbocycles. The van der Waals surface area contributed by atoms with E-state index in [1.807, 2.05) is 12.1 Å². The van der Waals surface area contributed by atoms with Crippen molar-refractivity contribution in [2.75, 3.05) is 13.2 Å². The summed E-state index contributed by atoms with van der Waals surface area (Å²) in [6, 6.07) is 18.0. The Hall–Kier alpha value is -2.51. The van der Waals surface area contributed by atoms with Gasteiger partial charge in [-0.15, -0.1) is 37.5 Å². The van der Waals surface area contributed by atoms with Crippen LogP contribution in [0.1, 0.15) is 52.7 Å². The largest absolute Gasteiger partial charge is 0.855 e. The molecule has 0 saturated heterocycles. The van der Waals surface area contributed by atoms with Gasteiger partial charge >= 0.3 is 0 Å². The number of hydrogen-bond acceptors (Lipinski definition) is 6. The van der Waals surface area contributed by atoms with Crippen LogP contribution < -0.4 is 10.2 Å². The van der Waals surface area contributed by atoms with Crippen LogP contribution >= 0.6 is 0 Å². The Morgan fingerprint density at radius 3 is 0.909 bits per heavy atom. The third-order valence-corrected chi connectivity index (χ3v) is 3.53. The fourth-order valence-corrected chi connectivity index (χ4v) is 2.52. The molecule has 0 spiro atoms. The normalized spacial score (nSPS) is 8.48. The molecule has 0 bridgehead atoms. The molecule has 0 N–H and O–H groups in total. The first kappa shape index (κ1) is 35.1. The molecule has 33 heavy (non-hydrogen) atoms. The van der Waals surface area contributed by atoms with Gasteiger partial charge in [0.1, 0.15) is 23.1 Å². The molecule has 0 aliphatic rings. The van der Waals surface area contributed by atoms with Gasteiger partial charge in [0.05, 0.1) is 0 Å². The fraction of sp³-hybridized carbons (Fsp3) is 0.308. The van der Waals surface area contributed by atoms with Crippen molar-refractivity contribution < 1.29 is 51.1 Å². The van der Waals surface area contributed by atoms with Crippen LogP contribution in [0.5, 0.6) is 0 Å². The van der Waals surface area contributed by atoms with E-state index in [1.54, 1.807) is 62.4 Å². The van der Waals surface area contributed by atoms with Crippen LogP contribution in [0.2, 0.25) is 0 Å². The average molecular weight is 488 g/mol.